The summed E-state index contributed by atoms with van der Waals surface area (Å²) in [5.41, 5.74) is 0. The van der Waals surface area contributed by atoms with Gasteiger partial charge < -0.3 is 25.0 Å². The van der Waals surface area contributed by atoms with Crippen molar-refractivity contribution in [2.75, 3.05) is 32.9 Å². The summed E-state index contributed by atoms with van der Waals surface area (Å²) in [5.74, 6) is 0.631. The third-order valence-corrected chi connectivity index (χ3v) is 3.62. The number of nitrogens with one attached hydrogen (secondary N) is 1. The van der Waals surface area contributed by atoms with Gasteiger partial charge in [-0.25, -0.2) is 0 Å². The molecule has 1 unspecified atom stereocenters. The number of rotatable bonds is 10. The molecule has 1 fully saturated rings. The zero-order valence-electron chi connectivity index (χ0n) is 12.9. The molecule has 0 aromatic heterocycles. The second-order valence-corrected chi connectivity index (χ2v) is 5.98. The van der Waals surface area contributed by atoms with E-state index < -0.39 is 6.10 Å². The SMILES string of the molecule is CC(C)OCCOCC(O)CNCC1CCC(O)CC1. The fourth-order valence-electron chi connectivity index (χ4n) is 2.42. The smallest absolute Gasteiger partial charge is 0.0897 e. The lowest BCUT2D eigenvalue weighted by Crippen LogP contribution is -2.35. The zero-order valence-corrected chi connectivity index (χ0v) is 12.9. The molecule has 5 nitrogen and oxygen atoms in total. The van der Waals surface area contributed by atoms with Crippen molar-refractivity contribution in [3.63, 3.8) is 0 Å². The van der Waals surface area contributed by atoms with Crippen molar-refractivity contribution in [1.82, 2.24) is 5.32 Å². The number of hydrogen-bond donors (Lipinski definition) is 3. The van der Waals surface area contributed by atoms with Crippen LogP contribution in [0.2, 0.25) is 0 Å². The van der Waals surface area contributed by atoms with Crippen molar-refractivity contribution >= 4 is 0 Å². The van der Waals surface area contributed by atoms with Crippen molar-refractivity contribution in [3.05, 3.63) is 0 Å². The maximum absolute atomic E-state index is 9.76. The van der Waals surface area contributed by atoms with Crippen LogP contribution in [-0.4, -0.2) is 61.4 Å². The predicted octanol–water partition coefficient (Wildman–Crippen LogP) is 0.930. The molecule has 0 bridgehead atoms. The van der Waals surface area contributed by atoms with E-state index in [4.69, 9.17) is 9.47 Å². The predicted molar refractivity (Wildman–Crippen MR) is 78.7 cm³/mol. The average molecular weight is 289 g/mol. The average Bonchev–Trinajstić information content (AvgIpc) is 2.40. The van der Waals surface area contributed by atoms with Crippen LogP contribution in [0.25, 0.3) is 0 Å². The van der Waals surface area contributed by atoms with Gasteiger partial charge in [0.2, 0.25) is 0 Å². The van der Waals surface area contributed by atoms with E-state index >= 15 is 0 Å². The van der Waals surface area contributed by atoms with E-state index in [0.29, 0.717) is 32.3 Å². The summed E-state index contributed by atoms with van der Waals surface area (Å²) in [6.07, 6.45) is 3.63. The van der Waals surface area contributed by atoms with Gasteiger partial charge in [0.1, 0.15) is 0 Å². The van der Waals surface area contributed by atoms with Gasteiger partial charge in [-0.3, -0.25) is 0 Å². The second-order valence-electron chi connectivity index (χ2n) is 5.98. The molecule has 1 aliphatic rings. The Balaban J connectivity index is 1.91. The number of ether oxygens (including phenoxy) is 2. The van der Waals surface area contributed by atoms with Gasteiger partial charge in [-0.15, -0.1) is 0 Å². The van der Waals surface area contributed by atoms with Gasteiger partial charge in [-0.1, -0.05) is 0 Å². The Kier molecular flexibility index (Phi) is 9.39. The zero-order chi connectivity index (χ0) is 14.8. The molecule has 3 N–H and O–H groups in total. The largest absolute Gasteiger partial charge is 0.393 e. The quantitative estimate of drug-likeness (QED) is 0.522. The monoisotopic (exact) mass is 289 g/mol. The molecule has 1 atom stereocenters. The van der Waals surface area contributed by atoms with E-state index in [2.05, 4.69) is 5.32 Å². The van der Waals surface area contributed by atoms with Gasteiger partial charge >= 0.3 is 0 Å². The van der Waals surface area contributed by atoms with Gasteiger partial charge in [-0.2, -0.15) is 0 Å². The summed E-state index contributed by atoms with van der Waals surface area (Å²) in [6.45, 7) is 6.90. The van der Waals surface area contributed by atoms with Crippen LogP contribution < -0.4 is 5.32 Å². The van der Waals surface area contributed by atoms with Crippen LogP contribution in [0.4, 0.5) is 0 Å². The lowest BCUT2D eigenvalue weighted by atomic mass is 9.87. The summed E-state index contributed by atoms with van der Waals surface area (Å²) in [4.78, 5) is 0. The van der Waals surface area contributed by atoms with E-state index in [1.807, 2.05) is 13.8 Å². The summed E-state index contributed by atoms with van der Waals surface area (Å²) < 4.78 is 10.7. The Morgan fingerprint density at radius 3 is 2.50 bits per heavy atom. The highest BCUT2D eigenvalue weighted by Crippen LogP contribution is 2.23. The Morgan fingerprint density at radius 2 is 1.85 bits per heavy atom. The van der Waals surface area contributed by atoms with Gasteiger partial charge in [-0.05, 0) is 52.0 Å². The lowest BCUT2D eigenvalue weighted by molar-refractivity contribution is -0.0102. The van der Waals surface area contributed by atoms with Gasteiger partial charge in [0.25, 0.3) is 0 Å². The molecule has 0 radical (unpaired) electrons. The van der Waals surface area contributed by atoms with Crippen molar-refractivity contribution in [2.24, 2.45) is 5.92 Å². The Morgan fingerprint density at radius 1 is 1.15 bits per heavy atom. The van der Waals surface area contributed by atoms with Gasteiger partial charge in [0, 0.05) is 6.54 Å². The summed E-state index contributed by atoms with van der Waals surface area (Å²) in [5, 5.41) is 22.5. The second kappa shape index (κ2) is 10.5. The molecule has 0 aromatic rings. The molecule has 1 saturated carbocycles. The van der Waals surface area contributed by atoms with Crippen molar-refractivity contribution in [2.45, 2.75) is 57.8 Å². The van der Waals surface area contributed by atoms with Crippen LogP contribution in [0.3, 0.4) is 0 Å². The molecular weight excluding hydrogens is 258 g/mol. The van der Waals surface area contributed by atoms with Crippen molar-refractivity contribution in [1.29, 1.82) is 0 Å². The van der Waals surface area contributed by atoms with Gasteiger partial charge in [0.05, 0.1) is 38.1 Å². The molecule has 120 valence electrons. The van der Waals surface area contributed by atoms with E-state index in [0.717, 1.165) is 32.2 Å². The highest BCUT2D eigenvalue weighted by atomic mass is 16.5. The Hall–Kier alpha value is -0.200. The van der Waals surface area contributed by atoms with Crippen molar-refractivity contribution in [3.8, 4) is 0 Å². The van der Waals surface area contributed by atoms with E-state index in [1.165, 1.54) is 0 Å². The number of aliphatic hydroxyl groups is 2. The van der Waals surface area contributed by atoms with E-state index in [9.17, 15) is 10.2 Å². The minimum atomic E-state index is -0.469. The molecule has 1 aliphatic carbocycles. The first kappa shape index (κ1) is 17.9. The molecule has 0 heterocycles. The van der Waals surface area contributed by atoms with E-state index in [-0.39, 0.29) is 12.2 Å². The molecule has 0 amide bonds. The minimum Gasteiger partial charge on any atom is -0.393 e. The van der Waals surface area contributed by atoms with Crippen LogP contribution >= 0.6 is 0 Å². The van der Waals surface area contributed by atoms with Crippen LogP contribution in [0.15, 0.2) is 0 Å². The molecular formula is C15H31NO4. The van der Waals surface area contributed by atoms with Crippen LogP contribution in [0, 0.1) is 5.92 Å². The first-order valence-electron chi connectivity index (χ1n) is 7.84. The normalized spacial score (nSPS) is 25.1. The summed E-state index contributed by atoms with van der Waals surface area (Å²) >= 11 is 0. The molecule has 0 aromatic carbocycles. The topological polar surface area (TPSA) is 71.0 Å². The highest BCUT2D eigenvalue weighted by Gasteiger charge is 2.19. The maximum Gasteiger partial charge on any atom is 0.0897 e. The standard InChI is InChI=1S/C15H31NO4/c1-12(2)20-8-7-19-11-15(18)10-16-9-13-3-5-14(17)6-4-13/h12-18H,3-11H2,1-2H3. The highest BCUT2D eigenvalue weighted by molar-refractivity contribution is 4.73. The number of aliphatic hydroxyl groups excluding tert-OH is 2. The molecule has 0 aliphatic heterocycles. The first-order chi connectivity index (χ1) is 9.58. The molecule has 0 saturated heterocycles. The van der Waals surface area contributed by atoms with Crippen LogP contribution in [0.1, 0.15) is 39.5 Å². The lowest BCUT2D eigenvalue weighted by Gasteiger charge is -2.26. The fraction of sp³-hybridized carbons (Fsp3) is 1.00. The Bertz CT molecular complexity index is 230. The molecule has 20 heavy (non-hydrogen) atoms. The first-order valence-corrected chi connectivity index (χ1v) is 7.84. The van der Waals surface area contributed by atoms with E-state index in [1.54, 1.807) is 0 Å². The fourth-order valence-corrected chi connectivity index (χ4v) is 2.42. The minimum absolute atomic E-state index is 0.0988. The summed E-state index contributed by atoms with van der Waals surface area (Å²) in [7, 11) is 0. The van der Waals surface area contributed by atoms with Gasteiger partial charge in [0.15, 0.2) is 0 Å². The maximum atomic E-state index is 9.76. The molecule has 1 rings (SSSR count). The Labute approximate surface area is 122 Å². The third-order valence-electron chi connectivity index (χ3n) is 3.62. The third kappa shape index (κ3) is 8.87. The van der Waals surface area contributed by atoms with Crippen LogP contribution in [0.5, 0.6) is 0 Å². The number of hydrogen-bond acceptors (Lipinski definition) is 5. The molecule has 5 heteroatoms. The van der Waals surface area contributed by atoms with Crippen LogP contribution in [-0.2, 0) is 9.47 Å². The molecule has 0 spiro atoms. The summed E-state index contributed by atoms with van der Waals surface area (Å²) in [6, 6.07) is 0. The van der Waals surface area contributed by atoms with Crippen molar-refractivity contribution < 1.29 is 19.7 Å².